The molecule has 0 aromatic carbocycles. The van der Waals surface area contributed by atoms with E-state index in [1.165, 1.54) is 0 Å². The van der Waals surface area contributed by atoms with Crippen LogP contribution in [-0.4, -0.2) is 23.1 Å². The smallest absolute Gasteiger partial charge is 0.137 e. The molecule has 0 spiro atoms. The lowest BCUT2D eigenvalue weighted by Gasteiger charge is -2.29. The molecule has 0 fully saturated rings. The predicted octanol–water partition coefficient (Wildman–Crippen LogP) is 2.88. The number of nitrogen functional groups attached to an aromatic ring is 1. The van der Waals surface area contributed by atoms with Crippen LogP contribution in [0.4, 0.5) is 11.6 Å². The molecule has 0 radical (unpaired) electrons. The molecule has 4 heteroatoms. The van der Waals surface area contributed by atoms with E-state index in [0.29, 0.717) is 17.8 Å². The first-order valence-corrected chi connectivity index (χ1v) is 6.79. The summed E-state index contributed by atoms with van der Waals surface area (Å²) >= 11 is 0. The van der Waals surface area contributed by atoms with Crippen molar-refractivity contribution >= 4 is 11.6 Å². The molecule has 1 unspecified atom stereocenters. The van der Waals surface area contributed by atoms with Gasteiger partial charge in [-0.05, 0) is 25.7 Å². The minimum Gasteiger partial charge on any atom is -0.383 e. The third kappa shape index (κ3) is 3.59. The third-order valence-electron chi connectivity index (χ3n) is 3.26. The summed E-state index contributed by atoms with van der Waals surface area (Å²) in [5.74, 6) is 2.28. The van der Waals surface area contributed by atoms with Crippen LogP contribution in [0.5, 0.6) is 0 Å². The van der Waals surface area contributed by atoms with E-state index >= 15 is 0 Å². The highest BCUT2D eigenvalue weighted by atomic mass is 15.2. The van der Waals surface area contributed by atoms with Crippen LogP contribution in [-0.2, 0) is 6.42 Å². The Morgan fingerprint density at radius 1 is 1.28 bits per heavy atom. The summed E-state index contributed by atoms with van der Waals surface area (Å²) in [6, 6.07) is 0.454. The lowest BCUT2D eigenvalue weighted by atomic mass is 10.0. The van der Waals surface area contributed by atoms with Gasteiger partial charge in [0.05, 0.1) is 0 Å². The summed E-state index contributed by atoms with van der Waals surface area (Å²) in [4.78, 5) is 10.7. The van der Waals surface area contributed by atoms with Crippen molar-refractivity contribution in [3.8, 4) is 0 Å². The molecule has 102 valence electrons. The van der Waals surface area contributed by atoms with E-state index in [2.05, 4.69) is 49.6 Å². The summed E-state index contributed by atoms with van der Waals surface area (Å²) in [6.07, 6.45) is 4.69. The van der Waals surface area contributed by atoms with Gasteiger partial charge in [0.15, 0.2) is 0 Å². The number of nitrogens with two attached hydrogens (primary N) is 1. The Bertz CT molecular complexity index is 376. The fraction of sp³-hybridized carbons (Fsp3) is 0.714. The molecule has 0 amide bonds. The van der Waals surface area contributed by atoms with Crippen molar-refractivity contribution in [2.24, 2.45) is 5.92 Å². The Morgan fingerprint density at radius 2 is 1.94 bits per heavy atom. The van der Waals surface area contributed by atoms with Gasteiger partial charge in [-0.25, -0.2) is 9.97 Å². The first kappa shape index (κ1) is 14.7. The molecule has 1 heterocycles. The van der Waals surface area contributed by atoms with Gasteiger partial charge in [-0.1, -0.05) is 27.2 Å². The SMILES string of the molecule is CCCc1c(N)ncnc1N(C)C(C)CC(C)C. The lowest BCUT2D eigenvalue weighted by molar-refractivity contribution is 0.501. The van der Waals surface area contributed by atoms with Crippen molar-refractivity contribution < 1.29 is 0 Å². The van der Waals surface area contributed by atoms with Crippen LogP contribution < -0.4 is 10.6 Å². The maximum Gasteiger partial charge on any atom is 0.137 e. The lowest BCUT2D eigenvalue weighted by Crippen LogP contribution is -2.32. The minimum absolute atomic E-state index is 0.454. The predicted molar refractivity (Wildman–Crippen MR) is 77.8 cm³/mol. The van der Waals surface area contributed by atoms with Crippen LogP contribution >= 0.6 is 0 Å². The van der Waals surface area contributed by atoms with Crippen LogP contribution in [0.1, 0.15) is 46.1 Å². The van der Waals surface area contributed by atoms with Crippen molar-refractivity contribution in [1.29, 1.82) is 0 Å². The second-order valence-electron chi connectivity index (χ2n) is 5.40. The van der Waals surface area contributed by atoms with Crippen LogP contribution in [0, 0.1) is 5.92 Å². The van der Waals surface area contributed by atoms with Crippen molar-refractivity contribution in [3.05, 3.63) is 11.9 Å². The van der Waals surface area contributed by atoms with Gasteiger partial charge in [-0.15, -0.1) is 0 Å². The molecule has 0 bridgehead atoms. The third-order valence-corrected chi connectivity index (χ3v) is 3.26. The summed E-state index contributed by atoms with van der Waals surface area (Å²) in [7, 11) is 2.09. The van der Waals surface area contributed by atoms with Crippen LogP contribution in [0.2, 0.25) is 0 Å². The van der Waals surface area contributed by atoms with E-state index in [9.17, 15) is 0 Å². The fourth-order valence-electron chi connectivity index (χ4n) is 2.26. The summed E-state index contributed by atoms with van der Waals surface area (Å²) in [5.41, 5.74) is 7.05. The van der Waals surface area contributed by atoms with E-state index in [-0.39, 0.29) is 0 Å². The number of aromatic nitrogens is 2. The van der Waals surface area contributed by atoms with Gasteiger partial charge in [-0.2, -0.15) is 0 Å². The van der Waals surface area contributed by atoms with Crippen LogP contribution in [0.3, 0.4) is 0 Å². The summed E-state index contributed by atoms with van der Waals surface area (Å²) in [5, 5.41) is 0. The molecule has 0 aliphatic carbocycles. The van der Waals surface area contributed by atoms with Gasteiger partial charge in [0.2, 0.25) is 0 Å². The van der Waals surface area contributed by atoms with Crippen molar-refractivity contribution in [1.82, 2.24) is 9.97 Å². The maximum absolute atomic E-state index is 5.97. The normalized spacial score (nSPS) is 12.8. The molecule has 0 aliphatic rings. The molecule has 1 atom stereocenters. The van der Waals surface area contributed by atoms with E-state index in [0.717, 1.165) is 30.6 Å². The quantitative estimate of drug-likeness (QED) is 0.843. The first-order chi connectivity index (χ1) is 8.47. The molecule has 2 N–H and O–H groups in total. The highest BCUT2D eigenvalue weighted by molar-refractivity contribution is 5.56. The van der Waals surface area contributed by atoms with Gasteiger partial charge in [-0.3, -0.25) is 0 Å². The summed E-state index contributed by atoms with van der Waals surface area (Å²) < 4.78 is 0. The minimum atomic E-state index is 0.454. The zero-order valence-corrected chi connectivity index (χ0v) is 12.3. The molecule has 1 aromatic heterocycles. The average molecular weight is 250 g/mol. The van der Waals surface area contributed by atoms with Crippen LogP contribution in [0.25, 0.3) is 0 Å². The molecule has 18 heavy (non-hydrogen) atoms. The van der Waals surface area contributed by atoms with E-state index in [4.69, 9.17) is 5.73 Å². The second kappa shape index (κ2) is 6.57. The number of anilines is 2. The van der Waals surface area contributed by atoms with Gasteiger partial charge in [0.1, 0.15) is 18.0 Å². The zero-order chi connectivity index (χ0) is 13.7. The number of hydrogen-bond acceptors (Lipinski definition) is 4. The molecule has 4 nitrogen and oxygen atoms in total. The van der Waals surface area contributed by atoms with Gasteiger partial charge < -0.3 is 10.6 Å². The largest absolute Gasteiger partial charge is 0.383 e. The van der Waals surface area contributed by atoms with Gasteiger partial charge in [0, 0.05) is 18.7 Å². The Balaban J connectivity index is 2.97. The molecule has 0 saturated carbocycles. The van der Waals surface area contributed by atoms with E-state index < -0.39 is 0 Å². The number of hydrogen-bond donors (Lipinski definition) is 1. The first-order valence-electron chi connectivity index (χ1n) is 6.79. The molecular weight excluding hydrogens is 224 g/mol. The van der Waals surface area contributed by atoms with Crippen molar-refractivity contribution in [2.45, 2.75) is 53.0 Å². The second-order valence-corrected chi connectivity index (χ2v) is 5.40. The molecule has 0 aliphatic heterocycles. The molecule has 1 rings (SSSR count). The Morgan fingerprint density at radius 3 is 2.50 bits per heavy atom. The molecule has 1 aromatic rings. The standard InChI is InChI=1S/C14H26N4/c1-6-7-12-13(15)16-9-17-14(12)18(5)11(4)8-10(2)3/h9-11H,6-8H2,1-5H3,(H2,15,16,17). The van der Waals surface area contributed by atoms with Gasteiger partial charge >= 0.3 is 0 Å². The topological polar surface area (TPSA) is 55.0 Å². The highest BCUT2D eigenvalue weighted by Crippen LogP contribution is 2.25. The Labute approximate surface area is 111 Å². The molecular formula is C14H26N4. The van der Waals surface area contributed by atoms with Crippen LogP contribution in [0.15, 0.2) is 6.33 Å². The zero-order valence-electron chi connectivity index (χ0n) is 12.3. The van der Waals surface area contributed by atoms with E-state index in [1.807, 2.05) is 0 Å². The highest BCUT2D eigenvalue weighted by Gasteiger charge is 2.17. The summed E-state index contributed by atoms with van der Waals surface area (Å²) in [6.45, 7) is 8.86. The fourth-order valence-corrected chi connectivity index (χ4v) is 2.26. The van der Waals surface area contributed by atoms with E-state index in [1.54, 1.807) is 6.33 Å². The van der Waals surface area contributed by atoms with Crippen molar-refractivity contribution in [2.75, 3.05) is 17.7 Å². The van der Waals surface area contributed by atoms with Gasteiger partial charge in [0.25, 0.3) is 0 Å². The average Bonchev–Trinajstić information content (AvgIpc) is 2.30. The van der Waals surface area contributed by atoms with Crippen molar-refractivity contribution in [3.63, 3.8) is 0 Å². The number of nitrogens with zero attached hydrogens (tertiary/aromatic N) is 3. The maximum atomic E-state index is 5.97. The molecule has 0 saturated heterocycles. The Hall–Kier alpha value is -1.32. The Kier molecular flexibility index (Phi) is 5.38. The number of rotatable bonds is 6. The monoisotopic (exact) mass is 250 g/mol.